The van der Waals surface area contributed by atoms with Gasteiger partial charge in [0.15, 0.2) is 11.3 Å². The van der Waals surface area contributed by atoms with Crippen molar-refractivity contribution < 1.29 is 4.42 Å². The van der Waals surface area contributed by atoms with Gasteiger partial charge < -0.3 is 4.42 Å². The Labute approximate surface area is 153 Å². The van der Waals surface area contributed by atoms with Crippen molar-refractivity contribution in [3.05, 3.63) is 63.4 Å². The number of fused-ring (bicyclic) bond motifs is 3. The lowest BCUT2D eigenvalue weighted by Crippen LogP contribution is -2.10. The monoisotopic (exact) mass is 408 g/mol. The van der Waals surface area contributed by atoms with Gasteiger partial charge in [0.25, 0.3) is 11.4 Å². The van der Waals surface area contributed by atoms with Crippen molar-refractivity contribution in [2.24, 2.45) is 0 Å². The average Bonchev–Trinajstić information content (AvgIpc) is 3.29. The van der Waals surface area contributed by atoms with Crippen LogP contribution in [-0.4, -0.2) is 30.0 Å². The third-order valence-electron chi connectivity index (χ3n) is 3.99. The minimum absolute atomic E-state index is 0.184. The molecule has 26 heavy (non-hydrogen) atoms. The molecule has 0 aliphatic carbocycles. The van der Waals surface area contributed by atoms with Crippen LogP contribution in [0.1, 0.15) is 0 Å². The number of aromatic nitrogens is 6. The van der Waals surface area contributed by atoms with Crippen LogP contribution in [0, 0.1) is 0 Å². The second-order valence-corrected chi connectivity index (χ2v) is 6.49. The van der Waals surface area contributed by atoms with Gasteiger partial charge in [-0.25, -0.2) is 9.73 Å². The fourth-order valence-electron chi connectivity index (χ4n) is 2.75. The molecule has 9 heteroatoms. The number of aromatic amines is 1. The van der Waals surface area contributed by atoms with Crippen LogP contribution >= 0.6 is 15.9 Å². The van der Waals surface area contributed by atoms with Gasteiger partial charge in [0.1, 0.15) is 0 Å². The van der Waals surface area contributed by atoms with Gasteiger partial charge in [0.2, 0.25) is 5.89 Å². The van der Waals surface area contributed by atoms with Crippen molar-refractivity contribution >= 4 is 32.5 Å². The van der Waals surface area contributed by atoms with Gasteiger partial charge in [-0.3, -0.25) is 4.79 Å². The molecule has 5 aromatic rings. The highest BCUT2D eigenvalue weighted by atomic mass is 79.9. The Morgan fingerprint density at radius 1 is 1.00 bits per heavy atom. The summed E-state index contributed by atoms with van der Waals surface area (Å²) in [5.41, 5.74) is 1.77. The number of rotatable bonds is 2. The van der Waals surface area contributed by atoms with E-state index in [0.29, 0.717) is 28.1 Å². The van der Waals surface area contributed by atoms with E-state index in [4.69, 9.17) is 4.42 Å². The van der Waals surface area contributed by atoms with Crippen molar-refractivity contribution in [1.29, 1.82) is 0 Å². The first-order valence-corrected chi connectivity index (χ1v) is 8.46. The predicted octanol–water partition coefficient (Wildman–Crippen LogP) is 3.05. The Bertz CT molecular complexity index is 1320. The Morgan fingerprint density at radius 2 is 1.77 bits per heavy atom. The maximum Gasteiger partial charge on any atom is 0.281 e. The second kappa shape index (κ2) is 5.60. The molecule has 5 rings (SSSR count). The van der Waals surface area contributed by atoms with Crippen molar-refractivity contribution in [2.45, 2.75) is 0 Å². The van der Waals surface area contributed by atoms with Crippen LogP contribution < -0.4 is 5.56 Å². The van der Waals surface area contributed by atoms with Crippen LogP contribution in [-0.2, 0) is 0 Å². The third-order valence-corrected chi connectivity index (χ3v) is 4.52. The molecule has 0 spiro atoms. The molecular formula is C17H9BrN6O2. The lowest BCUT2D eigenvalue weighted by atomic mass is 10.2. The fourth-order valence-corrected chi connectivity index (χ4v) is 3.02. The molecule has 8 nitrogen and oxygen atoms in total. The van der Waals surface area contributed by atoms with Crippen LogP contribution in [0.4, 0.5) is 0 Å². The Hall–Kier alpha value is -3.33. The van der Waals surface area contributed by atoms with Gasteiger partial charge in [0.05, 0.1) is 10.9 Å². The van der Waals surface area contributed by atoms with Gasteiger partial charge in [0, 0.05) is 10.0 Å². The summed E-state index contributed by atoms with van der Waals surface area (Å²) in [6, 6.07) is 14.7. The summed E-state index contributed by atoms with van der Waals surface area (Å²) in [6.45, 7) is 0. The Kier molecular flexibility index (Phi) is 3.22. The summed E-state index contributed by atoms with van der Waals surface area (Å²) >= 11 is 3.39. The number of hydrogen-bond donors (Lipinski definition) is 1. The normalized spacial score (nSPS) is 11.4. The van der Waals surface area contributed by atoms with E-state index >= 15 is 0 Å². The maximum absolute atomic E-state index is 12.3. The summed E-state index contributed by atoms with van der Waals surface area (Å²) in [6.07, 6.45) is 0. The lowest BCUT2D eigenvalue weighted by Gasteiger charge is -1.99. The topological polar surface area (TPSA) is 102 Å². The van der Waals surface area contributed by atoms with Crippen LogP contribution in [0.2, 0.25) is 0 Å². The maximum atomic E-state index is 12.3. The quantitative estimate of drug-likeness (QED) is 0.481. The Balaban J connectivity index is 1.68. The first-order valence-electron chi connectivity index (χ1n) is 7.66. The minimum atomic E-state index is -0.337. The molecule has 2 aromatic carbocycles. The highest BCUT2D eigenvalue weighted by molar-refractivity contribution is 9.10. The molecule has 3 aromatic heterocycles. The molecular weight excluding hydrogens is 400 g/mol. The van der Waals surface area contributed by atoms with Crippen LogP contribution in [0.15, 0.2) is 62.2 Å². The largest absolute Gasteiger partial charge is 0.414 e. The van der Waals surface area contributed by atoms with Gasteiger partial charge in [-0.1, -0.05) is 28.1 Å². The number of para-hydroxylation sites is 1. The van der Waals surface area contributed by atoms with Crippen LogP contribution in [0.5, 0.6) is 0 Å². The third kappa shape index (κ3) is 2.25. The molecule has 0 aliphatic heterocycles. The molecule has 0 unspecified atom stereocenters. The van der Waals surface area contributed by atoms with E-state index in [2.05, 4.69) is 41.4 Å². The highest BCUT2D eigenvalue weighted by Crippen LogP contribution is 2.26. The van der Waals surface area contributed by atoms with Crippen molar-refractivity contribution in [1.82, 2.24) is 30.0 Å². The van der Waals surface area contributed by atoms with Gasteiger partial charge >= 0.3 is 0 Å². The van der Waals surface area contributed by atoms with Crippen molar-refractivity contribution in [2.75, 3.05) is 0 Å². The zero-order valence-corrected chi connectivity index (χ0v) is 14.6. The van der Waals surface area contributed by atoms with E-state index in [1.807, 2.05) is 36.4 Å². The smallest absolute Gasteiger partial charge is 0.281 e. The lowest BCUT2D eigenvalue weighted by molar-refractivity contribution is 0.582. The van der Waals surface area contributed by atoms with Gasteiger partial charge in [-0.05, 0) is 36.4 Å². The molecule has 0 aliphatic rings. The van der Waals surface area contributed by atoms with Gasteiger partial charge in [-0.2, -0.15) is 4.98 Å². The molecule has 1 N–H and O–H groups in total. The molecule has 0 saturated heterocycles. The molecule has 0 amide bonds. The first kappa shape index (κ1) is 15.0. The highest BCUT2D eigenvalue weighted by Gasteiger charge is 2.19. The zero-order valence-electron chi connectivity index (χ0n) is 13.0. The van der Waals surface area contributed by atoms with E-state index < -0.39 is 0 Å². The summed E-state index contributed by atoms with van der Waals surface area (Å²) in [5, 5.41) is 15.7. The van der Waals surface area contributed by atoms with Crippen LogP contribution in [0.25, 0.3) is 39.6 Å². The first-order chi connectivity index (χ1) is 12.7. The molecule has 0 radical (unpaired) electrons. The predicted molar refractivity (Wildman–Crippen MR) is 97.5 cm³/mol. The van der Waals surface area contributed by atoms with E-state index in [1.54, 1.807) is 16.6 Å². The minimum Gasteiger partial charge on any atom is -0.414 e. The standard InChI is InChI=1S/C17H9BrN6O2/c18-10-7-5-9(6-8-10)16-21-22-17(26-16)13-14-19-15(25)11-3-1-2-4-12(11)24(14)23-20-13/h1-8,23H. The number of nitrogens with zero attached hydrogens (tertiary/aromatic N) is 5. The Morgan fingerprint density at radius 3 is 2.62 bits per heavy atom. The summed E-state index contributed by atoms with van der Waals surface area (Å²) < 4.78 is 8.31. The second-order valence-electron chi connectivity index (χ2n) is 5.57. The van der Waals surface area contributed by atoms with E-state index in [9.17, 15) is 4.79 Å². The number of benzene rings is 2. The van der Waals surface area contributed by atoms with E-state index in [1.165, 1.54) is 0 Å². The fraction of sp³-hybridized carbons (Fsp3) is 0. The van der Waals surface area contributed by atoms with Gasteiger partial charge in [-0.15, -0.1) is 15.3 Å². The number of H-pyrrole nitrogens is 1. The average molecular weight is 409 g/mol. The number of hydrogen-bond acceptors (Lipinski definition) is 6. The van der Waals surface area contributed by atoms with Crippen molar-refractivity contribution in [3.63, 3.8) is 0 Å². The molecule has 3 heterocycles. The number of halogens is 1. The molecule has 0 bridgehead atoms. The van der Waals surface area contributed by atoms with Crippen LogP contribution in [0.3, 0.4) is 0 Å². The summed E-state index contributed by atoms with van der Waals surface area (Å²) in [7, 11) is 0. The number of nitrogens with one attached hydrogen (secondary N) is 1. The van der Waals surface area contributed by atoms with E-state index in [-0.39, 0.29) is 11.4 Å². The molecule has 0 atom stereocenters. The SMILES string of the molecule is O=c1nc2c(-c3nnc(-c4ccc(Br)cc4)o3)n[nH]n2c2ccccc12. The molecule has 0 fully saturated rings. The van der Waals surface area contributed by atoms with E-state index in [0.717, 1.165) is 10.0 Å². The zero-order chi connectivity index (χ0) is 17.7. The van der Waals surface area contributed by atoms with Crippen molar-refractivity contribution in [3.8, 4) is 23.0 Å². The molecule has 126 valence electrons. The molecule has 0 saturated carbocycles. The summed E-state index contributed by atoms with van der Waals surface area (Å²) in [5.74, 6) is 0.542. The summed E-state index contributed by atoms with van der Waals surface area (Å²) in [4.78, 5) is 16.4.